The van der Waals surface area contributed by atoms with Gasteiger partial charge in [-0.25, -0.2) is 17.6 Å². The fraction of sp³-hybridized carbons (Fsp3) is 0.286. The van der Waals surface area contributed by atoms with E-state index < -0.39 is 46.0 Å². The third kappa shape index (κ3) is 2.19. The van der Waals surface area contributed by atoms with Crippen molar-refractivity contribution in [3.63, 3.8) is 0 Å². The molecule has 1 unspecified atom stereocenters. The Morgan fingerprint density at radius 2 is 1.73 bits per heavy atom. The molecule has 0 saturated heterocycles. The standard InChI is InChI=1S/C14H12F4N4/c1-3-5(2)7-9(15)11(17)8(12(18)10(7)16)13-6(4-19)14(20)22-21-13/h5H,3H2,1-2H3,(H3,20,21,22). The van der Waals surface area contributed by atoms with Gasteiger partial charge in [0.25, 0.3) is 0 Å². The SMILES string of the molecule is CCC(C)c1c(F)c(F)c(-c2[nH]nc(N)c2C#N)c(F)c1F. The second kappa shape index (κ2) is 5.67. The maximum absolute atomic E-state index is 14.2. The summed E-state index contributed by atoms with van der Waals surface area (Å²) in [6.07, 6.45) is 0.298. The lowest BCUT2D eigenvalue weighted by Crippen LogP contribution is -2.09. The molecule has 0 aliphatic heterocycles. The van der Waals surface area contributed by atoms with Crippen molar-refractivity contribution < 1.29 is 17.6 Å². The van der Waals surface area contributed by atoms with Gasteiger partial charge < -0.3 is 5.73 Å². The van der Waals surface area contributed by atoms with Gasteiger partial charge in [-0.3, -0.25) is 5.10 Å². The third-order valence-corrected chi connectivity index (χ3v) is 3.56. The van der Waals surface area contributed by atoms with E-state index in [4.69, 9.17) is 11.0 Å². The number of benzene rings is 1. The largest absolute Gasteiger partial charge is 0.381 e. The molecule has 0 amide bonds. The summed E-state index contributed by atoms with van der Waals surface area (Å²) in [7, 11) is 0. The van der Waals surface area contributed by atoms with Crippen LogP contribution in [0.2, 0.25) is 0 Å². The maximum Gasteiger partial charge on any atom is 0.171 e. The molecule has 0 fully saturated rings. The van der Waals surface area contributed by atoms with E-state index in [9.17, 15) is 17.6 Å². The topological polar surface area (TPSA) is 78.5 Å². The van der Waals surface area contributed by atoms with E-state index in [1.54, 1.807) is 13.0 Å². The number of H-pyrrole nitrogens is 1. The highest BCUT2D eigenvalue weighted by Gasteiger charge is 2.30. The highest BCUT2D eigenvalue weighted by atomic mass is 19.2. The summed E-state index contributed by atoms with van der Waals surface area (Å²) in [4.78, 5) is 0. The van der Waals surface area contributed by atoms with Crippen LogP contribution in [-0.4, -0.2) is 10.2 Å². The number of nitrogens with two attached hydrogens (primary N) is 1. The van der Waals surface area contributed by atoms with Crippen molar-refractivity contribution in [3.05, 3.63) is 34.4 Å². The predicted molar refractivity (Wildman–Crippen MR) is 71.7 cm³/mol. The third-order valence-electron chi connectivity index (χ3n) is 3.56. The Labute approximate surface area is 123 Å². The molecule has 0 aliphatic carbocycles. The predicted octanol–water partition coefficient (Wildman–Crippen LogP) is 3.60. The molecule has 116 valence electrons. The van der Waals surface area contributed by atoms with Gasteiger partial charge in [0.05, 0.1) is 11.3 Å². The zero-order valence-electron chi connectivity index (χ0n) is 11.8. The number of halogens is 4. The zero-order chi connectivity index (χ0) is 16.6. The Morgan fingerprint density at radius 1 is 1.18 bits per heavy atom. The minimum atomic E-state index is -1.59. The van der Waals surface area contributed by atoms with Crippen LogP contribution in [0.5, 0.6) is 0 Å². The number of hydrogen-bond donors (Lipinski definition) is 2. The average Bonchev–Trinajstić information content (AvgIpc) is 2.86. The van der Waals surface area contributed by atoms with Gasteiger partial charge in [0.2, 0.25) is 0 Å². The summed E-state index contributed by atoms with van der Waals surface area (Å²) < 4.78 is 56.7. The molecule has 0 radical (unpaired) electrons. The van der Waals surface area contributed by atoms with E-state index in [1.165, 1.54) is 6.92 Å². The zero-order valence-corrected chi connectivity index (χ0v) is 11.8. The number of anilines is 1. The number of aromatic nitrogens is 2. The first-order valence-electron chi connectivity index (χ1n) is 6.45. The molecule has 0 aliphatic rings. The van der Waals surface area contributed by atoms with Gasteiger partial charge >= 0.3 is 0 Å². The van der Waals surface area contributed by atoms with Gasteiger partial charge in [-0.05, 0) is 12.3 Å². The Morgan fingerprint density at radius 3 is 2.18 bits per heavy atom. The molecule has 1 atom stereocenters. The summed E-state index contributed by atoms with van der Waals surface area (Å²) in [6.45, 7) is 3.09. The van der Waals surface area contributed by atoms with Crippen molar-refractivity contribution in [2.24, 2.45) is 0 Å². The average molecular weight is 312 g/mol. The quantitative estimate of drug-likeness (QED) is 0.671. The van der Waals surface area contributed by atoms with E-state index in [2.05, 4.69) is 10.2 Å². The van der Waals surface area contributed by atoms with Gasteiger partial charge in [0.1, 0.15) is 11.6 Å². The minimum Gasteiger partial charge on any atom is -0.381 e. The number of nitrogen functional groups attached to an aromatic ring is 1. The first-order chi connectivity index (χ1) is 10.3. The van der Waals surface area contributed by atoms with Crippen LogP contribution in [0.3, 0.4) is 0 Å². The number of nitriles is 1. The van der Waals surface area contributed by atoms with E-state index in [-0.39, 0.29) is 11.4 Å². The second-order valence-electron chi connectivity index (χ2n) is 4.82. The van der Waals surface area contributed by atoms with Crippen LogP contribution in [0.15, 0.2) is 0 Å². The number of rotatable bonds is 3. The smallest absolute Gasteiger partial charge is 0.171 e. The fourth-order valence-electron chi connectivity index (χ4n) is 2.16. The van der Waals surface area contributed by atoms with Crippen LogP contribution in [0.25, 0.3) is 11.3 Å². The fourth-order valence-corrected chi connectivity index (χ4v) is 2.16. The summed E-state index contributed by atoms with van der Waals surface area (Å²) in [5, 5.41) is 14.5. The lowest BCUT2D eigenvalue weighted by atomic mass is 9.94. The van der Waals surface area contributed by atoms with Crippen molar-refractivity contribution in [1.82, 2.24) is 10.2 Å². The number of aromatic amines is 1. The molecule has 0 saturated carbocycles. The molecule has 2 aromatic rings. The van der Waals surface area contributed by atoms with E-state index >= 15 is 0 Å². The van der Waals surface area contributed by atoms with Crippen molar-refractivity contribution in [2.75, 3.05) is 5.73 Å². The molecular weight excluding hydrogens is 300 g/mol. The van der Waals surface area contributed by atoms with Gasteiger partial charge in [0, 0.05) is 5.56 Å². The van der Waals surface area contributed by atoms with Crippen LogP contribution >= 0.6 is 0 Å². The highest BCUT2D eigenvalue weighted by molar-refractivity contribution is 5.73. The van der Waals surface area contributed by atoms with E-state index in [1.807, 2.05) is 0 Å². The van der Waals surface area contributed by atoms with Gasteiger partial charge in [0.15, 0.2) is 29.1 Å². The number of nitrogens with zero attached hydrogens (tertiary/aromatic N) is 2. The molecular formula is C14H12F4N4. The Bertz CT molecular complexity index is 747. The molecule has 0 bridgehead atoms. The normalized spacial score (nSPS) is 12.2. The molecule has 0 spiro atoms. The van der Waals surface area contributed by atoms with Crippen LogP contribution < -0.4 is 5.73 Å². The number of nitrogens with one attached hydrogen (secondary N) is 1. The van der Waals surface area contributed by atoms with Crippen LogP contribution in [0, 0.1) is 34.6 Å². The van der Waals surface area contributed by atoms with Gasteiger partial charge in [-0.15, -0.1) is 0 Å². The van der Waals surface area contributed by atoms with Gasteiger partial charge in [-0.2, -0.15) is 10.4 Å². The van der Waals surface area contributed by atoms with E-state index in [0.29, 0.717) is 6.42 Å². The van der Waals surface area contributed by atoms with E-state index in [0.717, 1.165) is 0 Å². The molecule has 1 aromatic carbocycles. The monoisotopic (exact) mass is 312 g/mol. The second-order valence-corrected chi connectivity index (χ2v) is 4.82. The Kier molecular flexibility index (Phi) is 4.08. The summed E-state index contributed by atoms with van der Waals surface area (Å²) in [5.41, 5.74) is 2.80. The molecule has 8 heteroatoms. The lowest BCUT2D eigenvalue weighted by Gasteiger charge is -2.15. The molecule has 4 nitrogen and oxygen atoms in total. The molecule has 3 N–H and O–H groups in total. The number of hydrogen-bond acceptors (Lipinski definition) is 3. The minimum absolute atomic E-state index is 0.298. The molecule has 1 aromatic heterocycles. The van der Waals surface area contributed by atoms with Crippen molar-refractivity contribution in [1.29, 1.82) is 5.26 Å². The van der Waals surface area contributed by atoms with Crippen molar-refractivity contribution in [3.8, 4) is 17.3 Å². The summed E-state index contributed by atoms with van der Waals surface area (Å²) in [5.74, 6) is -7.17. The van der Waals surface area contributed by atoms with Crippen molar-refractivity contribution in [2.45, 2.75) is 26.2 Å². The van der Waals surface area contributed by atoms with Crippen LogP contribution in [-0.2, 0) is 0 Å². The molecule has 2 rings (SSSR count). The maximum atomic E-state index is 14.2. The Hall–Kier alpha value is -2.56. The van der Waals surface area contributed by atoms with Crippen LogP contribution in [0.4, 0.5) is 23.4 Å². The molecule has 22 heavy (non-hydrogen) atoms. The summed E-state index contributed by atoms with van der Waals surface area (Å²) in [6, 6.07) is 1.59. The first kappa shape index (κ1) is 15.8. The first-order valence-corrected chi connectivity index (χ1v) is 6.45. The Balaban J connectivity index is 2.83. The molecule has 1 heterocycles. The van der Waals surface area contributed by atoms with Crippen molar-refractivity contribution >= 4 is 5.82 Å². The highest BCUT2D eigenvalue weighted by Crippen LogP contribution is 2.37. The van der Waals surface area contributed by atoms with Gasteiger partial charge in [-0.1, -0.05) is 13.8 Å². The summed E-state index contributed by atoms with van der Waals surface area (Å²) >= 11 is 0. The van der Waals surface area contributed by atoms with Crippen LogP contribution in [0.1, 0.15) is 37.3 Å². The lowest BCUT2D eigenvalue weighted by molar-refractivity contribution is 0.431.